The summed E-state index contributed by atoms with van der Waals surface area (Å²) < 4.78 is 7.75. The van der Waals surface area contributed by atoms with Crippen LogP contribution in [0.2, 0.25) is 0 Å². The molecule has 2 heterocycles. The fraction of sp³-hybridized carbons (Fsp3) is 0.400. The van der Waals surface area contributed by atoms with Crippen molar-refractivity contribution < 1.29 is 14.6 Å². The SMILES string of the molecule is COCCCn1c(C2CCCN(C(=O)C[C@H](N)Cc3ccc(-c4cc(C)c(O)c(C)c4)cc3)C2)cc2ccccc21. The van der Waals surface area contributed by atoms with Crippen LogP contribution >= 0.6 is 0 Å². The number of hydrogen-bond donors (Lipinski definition) is 2. The molecular weight excluding hydrogens is 510 g/mol. The number of hydrogen-bond acceptors (Lipinski definition) is 4. The minimum atomic E-state index is -0.229. The molecule has 6 heteroatoms. The summed E-state index contributed by atoms with van der Waals surface area (Å²) in [5.41, 5.74) is 14.1. The maximum Gasteiger partial charge on any atom is 0.224 e. The van der Waals surface area contributed by atoms with Crippen LogP contribution in [0.5, 0.6) is 5.75 Å². The highest BCUT2D eigenvalue weighted by Crippen LogP contribution is 2.33. The van der Waals surface area contributed by atoms with E-state index in [2.05, 4.69) is 59.2 Å². The van der Waals surface area contributed by atoms with Crippen LogP contribution in [0, 0.1) is 13.8 Å². The molecule has 0 spiro atoms. The quantitative estimate of drug-likeness (QED) is 0.225. The van der Waals surface area contributed by atoms with Gasteiger partial charge in [0.1, 0.15) is 5.75 Å². The molecule has 2 atom stereocenters. The van der Waals surface area contributed by atoms with E-state index in [-0.39, 0.29) is 11.9 Å². The fourth-order valence-electron chi connectivity index (χ4n) is 6.32. The molecule has 6 nitrogen and oxygen atoms in total. The van der Waals surface area contributed by atoms with E-state index >= 15 is 0 Å². The van der Waals surface area contributed by atoms with Gasteiger partial charge in [-0.1, -0.05) is 42.5 Å². The zero-order chi connectivity index (χ0) is 28.9. The zero-order valence-corrected chi connectivity index (χ0v) is 24.6. The van der Waals surface area contributed by atoms with E-state index in [9.17, 15) is 9.90 Å². The summed E-state index contributed by atoms with van der Waals surface area (Å²) in [6, 6.07) is 23.0. The summed E-state index contributed by atoms with van der Waals surface area (Å²) in [5.74, 6) is 0.819. The number of aromatic hydroxyl groups is 1. The molecule has 0 aliphatic carbocycles. The number of phenols is 1. The predicted octanol–water partition coefficient (Wildman–Crippen LogP) is 6.33. The lowest BCUT2D eigenvalue weighted by Gasteiger charge is -2.34. The largest absolute Gasteiger partial charge is 0.507 e. The predicted molar refractivity (Wildman–Crippen MR) is 166 cm³/mol. The highest BCUT2D eigenvalue weighted by molar-refractivity contribution is 5.82. The monoisotopic (exact) mass is 553 g/mol. The molecule has 3 aromatic carbocycles. The van der Waals surface area contributed by atoms with E-state index in [1.807, 2.05) is 30.9 Å². The molecule has 1 aliphatic rings. The fourth-order valence-corrected chi connectivity index (χ4v) is 6.32. The first kappa shape index (κ1) is 28.9. The van der Waals surface area contributed by atoms with Gasteiger partial charge in [0.2, 0.25) is 5.91 Å². The van der Waals surface area contributed by atoms with Crippen molar-refractivity contribution in [2.24, 2.45) is 5.73 Å². The van der Waals surface area contributed by atoms with E-state index in [0.717, 1.165) is 73.3 Å². The van der Waals surface area contributed by atoms with Crippen LogP contribution in [-0.4, -0.2) is 53.3 Å². The number of likely N-dealkylation sites (tertiary alicyclic amines) is 1. The van der Waals surface area contributed by atoms with E-state index < -0.39 is 0 Å². The van der Waals surface area contributed by atoms with Crippen molar-refractivity contribution >= 4 is 16.8 Å². The summed E-state index contributed by atoms with van der Waals surface area (Å²) in [4.78, 5) is 15.4. The lowest BCUT2D eigenvalue weighted by molar-refractivity contribution is -0.132. The van der Waals surface area contributed by atoms with Gasteiger partial charge in [0.05, 0.1) is 0 Å². The van der Waals surface area contributed by atoms with Crippen molar-refractivity contribution in [3.8, 4) is 16.9 Å². The molecule has 1 fully saturated rings. The number of fused-ring (bicyclic) bond motifs is 1. The molecule has 1 amide bonds. The van der Waals surface area contributed by atoms with Gasteiger partial charge in [-0.15, -0.1) is 0 Å². The molecule has 3 N–H and O–H groups in total. The Morgan fingerprint density at radius 1 is 1.05 bits per heavy atom. The molecule has 1 unspecified atom stereocenters. The maximum absolute atomic E-state index is 13.4. The van der Waals surface area contributed by atoms with Gasteiger partial charge in [0.25, 0.3) is 0 Å². The van der Waals surface area contributed by atoms with Crippen molar-refractivity contribution in [1.82, 2.24) is 9.47 Å². The molecule has 1 saturated heterocycles. The molecule has 0 saturated carbocycles. The maximum atomic E-state index is 13.4. The third-order valence-electron chi connectivity index (χ3n) is 8.48. The Morgan fingerprint density at radius 2 is 1.78 bits per heavy atom. The molecule has 216 valence electrons. The van der Waals surface area contributed by atoms with Crippen LogP contribution in [0.15, 0.2) is 66.7 Å². The van der Waals surface area contributed by atoms with Gasteiger partial charge in [-0.2, -0.15) is 0 Å². The molecule has 1 aromatic heterocycles. The number of aromatic nitrogens is 1. The first-order valence-corrected chi connectivity index (χ1v) is 14.8. The Bertz CT molecular complexity index is 1470. The molecule has 5 rings (SSSR count). The van der Waals surface area contributed by atoms with Gasteiger partial charge in [-0.3, -0.25) is 4.79 Å². The summed E-state index contributed by atoms with van der Waals surface area (Å²) in [6.07, 6.45) is 4.06. The first-order valence-electron chi connectivity index (χ1n) is 14.8. The summed E-state index contributed by atoms with van der Waals surface area (Å²) in [5, 5.41) is 11.3. The zero-order valence-electron chi connectivity index (χ0n) is 24.6. The lowest BCUT2D eigenvalue weighted by Crippen LogP contribution is -2.42. The Hall–Kier alpha value is -3.61. The summed E-state index contributed by atoms with van der Waals surface area (Å²) >= 11 is 0. The summed E-state index contributed by atoms with van der Waals surface area (Å²) in [7, 11) is 1.75. The molecular formula is C35H43N3O3. The Morgan fingerprint density at radius 3 is 2.51 bits per heavy atom. The van der Waals surface area contributed by atoms with Crippen LogP contribution in [0.1, 0.15) is 54.0 Å². The number of piperidine rings is 1. The second-order valence-electron chi connectivity index (χ2n) is 11.6. The van der Waals surface area contributed by atoms with Crippen molar-refractivity contribution in [3.05, 3.63) is 89.1 Å². The van der Waals surface area contributed by atoms with Crippen LogP contribution in [0.3, 0.4) is 0 Å². The number of nitrogens with zero attached hydrogens (tertiary/aromatic N) is 2. The van der Waals surface area contributed by atoms with Gasteiger partial charge in [0, 0.05) is 62.9 Å². The van der Waals surface area contributed by atoms with E-state index in [1.165, 1.54) is 16.6 Å². The number of amides is 1. The van der Waals surface area contributed by atoms with E-state index in [0.29, 0.717) is 24.5 Å². The third kappa shape index (κ3) is 6.66. The van der Waals surface area contributed by atoms with Gasteiger partial charge in [-0.05, 0) is 97.0 Å². The number of nitrogens with two attached hydrogens (primary N) is 1. The number of carbonyl (C=O) groups excluding carboxylic acids is 1. The number of ether oxygens (including phenoxy) is 1. The van der Waals surface area contributed by atoms with E-state index in [1.54, 1.807) is 7.11 Å². The van der Waals surface area contributed by atoms with Crippen LogP contribution < -0.4 is 5.73 Å². The topological polar surface area (TPSA) is 80.7 Å². The highest BCUT2D eigenvalue weighted by atomic mass is 16.5. The van der Waals surface area contributed by atoms with Crippen molar-refractivity contribution in [2.45, 2.75) is 64.5 Å². The van der Waals surface area contributed by atoms with Crippen LogP contribution in [0.25, 0.3) is 22.0 Å². The van der Waals surface area contributed by atoms with Gasteiger partial charge in [-0.25, -0.2) is 0 Å². The number of methoxy groups -OCH3 is 1. The number of carbonyl (C=O) groups is 1. The van der Waals surface area contributed by atoms with Crippen LogP contribution in [-0.2, 0) is 22.5 Å². The van der Waals surface area contributed by atoms with Crippen molar-refractivity contribution in [2.75, 3.05) is 26.8 Å². The normalized spacial score (nSPS) is 16.3. The minimum absolute atomic E-state index is 0.149. The number of phenolic OH excluding ortho intramolecular Hbond substituents is 1. The van der Waals surface area contributed by atoms with Crippen molar-refractivity contribution in [1.29, 1.82) is 0 Å². The van der Waals surface area contributed by atoms with E-state index in [4.69, 9.17) is 10.5 Å². The molecule has 41 heavy (non-hydrogen) atoms. The first-order chi connectivity index (χ1) is 19.8. The van der Waals surface area contributed by atoms with Gasteiger partial charge in [0.15, 0.2) is 0 Å². The number of para-hydroxylation sites is 1. The smallest absolute Gasteiger partial charge is 0.224 e. The molecule has 1 aliphatic heterocycles. The Balaban J connectivity index is 1.21. The second-order valence-corrected chi connectivity index (χ2v) is 11.6. The third-order valence-corrected chi connectivity index (χ3v) is 8.48. The van der Waals surface area contributed by atoms with Gasteiger partial charge >= 0.3 is 0 Å². The van der Waals surface area contributed by atoms with Crippen molar-refractivity contribution in [3.63, 3.8) is 0 Å². The standard InChI is InChI=1S/C35H43N3O3/c1-24-18-30(19-25(2)35(24)40)27-13-11-26(12-14-27)20-31(36)22-34(39)37-15-6-9-29(23-37)33-21-28-8-4-5-10-32(28)38(33)16-7-17-41-3/h4-5,8,10-14,18-19,21,29,31,40H,6-7,9,15-17,20,22-23,36H2,1-3H3/t29?,31-/m1/s1. The molecule has 4 aromatic rings. The lowest BCUT2D eigenvalue weighted by atomic mass is 9.93. The number of rotatable bonds is 10. The second kappa shape index (κ2) is 12.9. The summed E-state index contributed by atoms with van der Waals surface area (Å²) in [6.45, 7) is 7.03. The number of benzene rings is 3. The number of aryl methyl sites for hydroxylation is 3. The Labute approximate surface area is 243 Å². The van der Waals surface area contributed by atoms with Crippen LogP contribution in [0.4, 0.5) is 0 Å². The van der Waals surface area contributed by atoms with Gasteiger partial charge < -0.3 is 25.0 Å². The minimum Gasteiger partial charge on any atom is -0.507 e. The average molecular weight is 554 g/mol. The Kier molecular flexibility index (Phi) is 9.11. The average Bonchev–Trinajstić information content (AvgIpc) is 3.35. The highest BCUT2D eigenvalue weighted by Gasteiger charge is 2.28. The molecule has 0 bridgehead atoms. The molecule has 0 radical (unpaired) electrons.